The molecule has 1 aromatic heterocycles. The number of nitrogens with two attached hydrogens (primary N) is 1. The molecule has 12 heteroatoms. The highest BCUT2D eigenvalue weighted by atomic mass is 32.2. The first-order valence-corrected chi connectivity index (χ1v) is 10.2. The summed E-state index contributed by atoms with van der Waals surface area (Å²) in [7, 11) is -4.02. The van der Waals surface area contributed by atoms with E-state index in [0.717, 1.165) is 34.9 Å². The lowest BCUT2D eigenvalue weighted by atomic mass is 10.0. The van der Waals surface area contributed by atoms with E-state index in [0.29, 0.717) is 6.20 Å². The van der Waals surface area contributed by atoms with E-state index in [-0.39, 0.29) is 21.8 Å². The van der Waals surface area contributed by atoms with Crippen LogP contribution in [-0.4, -0.2) is 18.0 Å². The van der Waals surface area contributed by atoms with Gasteiger partial charge >= 0.3 is 12.4 Å². The van der Waals surface area contributed by atoms with Gasteiger partial charge in [-0.25, -0.2) is 18.5 Å². The van der Waals surface area contributed by atoms with Crippen LogP contribution in [0.15, 0.2) is 59.6 Å². The Morgan fingerprint density at radius 2 is 1.58 bits per heavy atom. The highest BCUT2D eigenvalue weighted by Gasteiger charge is 2.36. The van der Waals surface area contributed by atoms with Gasteiger partial charge in [-0.05, 0) is 48.9 Å². The summed E-state index contributed by atoms with van der Waals surface area (Å²) in [5.74, 6) is -0.196. The third kappa shape index (κ3) is 4.90. The number of hydrogen-bond acceptors (Lipinski definition) is 3. The standard InChI is InChI=1S/C19H15F6N3O2S/c1-11(13-3-2-4-14(9-13)18(20,21)22)28-10-16(19(23,24)25)27-17(28)12-5-7-15(8-6-12)31(26,29)30/h2-11H,1H3,(H2,26,29,30). The molecule has 0 fully saturated rings. The molecule has 1 unspecified atom stereocenters. The zero-order valence-corrected chi connectivity index (χ0v) is 16.6. The van der Waals surface area contributed by atoms with E-state index >= 15 is 0 Å². The Balaban J connectivity index is 2.13. The molecule has 0 radical (unpaired) electrons. The molecule has 1 heterocycles. The van der Waals surface area contributed by atoms with Crippen molar-refractivity contribution < 1.29 is 34.8 Å². The minimum atomic E-state index is -4.80. The first-order chi connectivity index (χ1) is 14.2. The van der Waals surface area contributed by atoms with Crippen LogP contribution >= 0.6 is 0 Å². The third-order valence-corrected chi connectivity index (χ3v) is 5.51. The molecule has 1 atom stereocenters. The number of halogens is 6. The van der Waals surface area contributed by atoms with Gasteiger partial charge in [-0.3, -0.25) is 0 Å². The predicted octanol–water partition coefficient (Wildman–Crippen LogP) is 4.84. The highest BCUT2D eigenvalue weighted by molar-refractivity contribution is 7.89. The Bertz CT molecular complexity index is 1200. The van der Waals surface area contributed by atoms with Gasteiger partial charge in [0.15, 0.2) is 5.69 Å². The van der Waals surface area contributed by atoms with E-state index < -0.39 is 39.7 Å². The van der Waals surface area contributed by atoms with Crippen LogP contribution in [0.4, 0.5) is 26.3 Å². The van der Waals surface area contributed by atoms with Crippen molar-refractivity contribution >= 4 is 10.0 Å². The van der Waals surface area contributed by atoms with E-state index in [9.17, 15) is 34.8 Å². The molecule has 3 rings (SSSR count). The quantitative estimate of drug-likeness (QED) is 0.563. The zero-order chi connectivity index (χ0) is 23.2. The Morgan fingerprint density at radius 3 is 2.10 bits per heavy atom. The molecule has 166 valence electrons. The van der Waals surface area contributed by atoms with E-state index in [2.05, 4.69) is 4.98 Å². The van der Waals surface area contributed by atoms with E-state index in [1.807, 2.05) is 0 Å². The maximum absolute atomic E-state index is 13.3. The van der Waals surface area contributed by atoms with Gasteiger partial charge in [0.1, 0.15) is 5.82 Å². The van der Waals surface area contributed by atoms with Gasteiger partial charge in [0.2, 0.25) is 10.0 Å². The molecule has 5 nitrogen and oxygen atoms in total. The fraction of sp³-hybridized carbons (Fsp3) is 0.211. The summed E-state index contributed by atoms with van der Waals surface area (Å²) >= 11 is 0. The number of hydrogen-bond donors (Lipinski definition) is 1. The SMILES string of the molecule is CC(c1cccc(C(F)(F)F)c1)n1cc(C(F)(F)F)nc1-c1ccc(S(N)(=O)=O)cc1. The smallest absolute Gasteiger partial charge is 0.323 e. The average molecular weight is 463 g/mol. The van der Waals surface area contributed by atoms with Gasteiger partial charge in [0, 0.05) is 11.8 Å². The molecule has 0 saturated heterocycles. The average Bonchev–Trinajstić information content (AvgIpc) is 3.12. The van der Waals surface area contributed by atoms with Crippen molar-refractivity contribution in [3.8, 4) is 11.4 Å². The topological polar surface area (TPSA) is 78.0 Å². The predicted molar refractivity (Wildman–Crippen MR) is 99.3 cm³/mol. The Morgan fingerprint density at radius 1 is 0.968 bits per heavy atom. The molecule has 2 N–H and O–H groups in total. The summed E-state index contributed by atoms with van der Waals surface area (Å²) in [6.07, 6.45) is -8.71. The fourth-order valence-electron chi connectivity index (χ4n) is 2.97. The Hall–Kier alpha value is -2.86. The van der Waals surface area contributed by atoms with Crippen molar-refractivity contribution in [3.63, 3.8) is 0 Å². The first-order valence-electron chi connectivity index (χ1n) is 8.64. The molecule has 0 aliphatic rings. The van der Waals surface area contributed by atoms with Crippen LogP contribution in [0.1, 0.15) is 29.8 Å². The molecule has 0 bridgehead atoms. The number of benzene rings is 2. The van der Waals surface area contributed by atoms with Gasteiger partial charge in [-0.1, -0.05) is 12.1 Å². The molecule has 0 aliphatic heterocycles. The van der Waals surface area contributed by atoms with Crippen LogP contribution in [0, 0.1) is 0 Å². The number of aromatic nitrogens is 2. The number of nitrogens with zero attached hydrogens (tertiary/aromatic N) is 2. The summed E-state index contributed by atoms with van der Waals surface area (Å²) in [5, 5.41) is 5.02. The first kappa shape index (κ1) is 22.8. The van der Waals surface area contributed by atoms with E-state index in [1.165, 1.54) is 25.1 Å². The second-order valence-corrected chi connectivity index (χ2v) is 8.28. The van der Waals surface area contributed by atoms with Crippen molar-refractivity contribution in [2.45, 2.75) is 30.2 Å². The highest BCUT2D eigenvalue weighted by Crippen LogP contribution is 2.36. The molecule has 31 heavy (non-hydrogen) atoms. The minimum absolute atomic E-state index is 0.114. The second kappa shape index (κ2) is 7.68. The lowest BCUT2D eigenvalue weighted by Gasteiger charge is -2.18. The van der Waals surface area contributed by atoms with Crippen LogP contribution in [-0.2, 0) is 22.4 Å². The van der Waals surface area contributed by atoms with Crippen molar-refractivity contribution in [3.05, 3.63) is 71.5 Å². The van der Waals surface area contributed by atoms with Gasteiger partial charge in [-0.15, -0.1) is 0 Å². The molecule has 0 amide bonds. The largest absolute Gasteiger partial charge is 0.434 e. The normalized spacial score (nSPS) is 13.9. The van der Waals surface area contributed by atoms with Crippen LogP contribution in [0.25, 0.3) is 11.4 Å². The number of sulfonamides is 1. The second-order valence-electron chi connectivity index (χ2n) is 6.72. The molecule has 2 aromatic carbocycles. The molecule has 0 aliphatic carbocycles. The van der Waals surface area contributed by atoms with Crippen molar-refractivity contribution in [2.24, 2.45) is 5.14 Å². The number of primary sulfonamides is 1. The van der Waals surface area contributed by atoms with Crippen molar-refractivity contribution in [1.29, 1.82) is 0 Å². The lowest BCUT2D eigenvalue weighted by molar-refractivity contribution is -0.141. The van der Waals surface area contributed by atoms with E-state index in [1.54, 1.807) is 0 Å². The summed E-state index contributed by atoms with van der Waals surface area (Å²) < 4.78 is 103. The molecular formula is C19H15F6N3O2S. The maximum Gasteiger partial charge on any atom is 0.434 e. The summed E-state index contributed by atoms with van der Waals surface area (Å²) in [5.41, 5.74) is -1.94. The number of imidazole rings is 1. The van der Waals surface area contributed by atoms with Crippen molar-refractivity contribution in [1.82, 2.24) is 9.55 Å². The number of alkyl halides is 6. The van der Waals surface area contributed by atoms with Crippen LogP contribution in [0.3, 0.4) is 0 Å². The number of rotatable bonds is 4. The lowest BCUT2D eigenvalue weighted by Crippen LogP contribution is -2.12. The Labute approximate surface area is 173 Å². The maximum atomic E-state index is 13.3. The van der Waals surface area contributed by atoms with Gasteiger partial charge in [0.25, 0.3) is 0 Å². The van der Waals surface area contributed by atoms with Crippen LogP contribution < -0.4 is 5.14 Å². The minimum Gasteiger partial charge on any atom is -0.323 e. The van der Waals surface area contributed by atoms with Crippen molar-refractivity contribution in [2.75, 3.05) is 0 Å². The summed E-state index contributed by atoms with van der Waals surface area (Å²) in [6.45, 7) is 1.43. The van der Waals surface area contributed by atoms with Crippen LogP contribution in [0.5, 0.6) is 0 Å². The summed E-state index contributed by atoms with van der Waals surface area (Å²) in [4.78, 5) is 3.34. The molecule has 0 saturated carbocycles. The van der Waals surface area contributed by atoms with Gasteiger partial charge < -0.3 is 4.57 Å². The van der Waals surface area contributed by atoms with Gasteiger partial charge in [-0.2, -0.15) is 26.3 Å². The molecule has 0 spiro atoms. The van der Waals surface area contributed by atoms with Crippen LogP contribution in [0.2, 0.25) is 0 Å². The zero-order valence-electron chi connectivity index (χ0n) is 15.7. The molecular weight excluding hydrogens is 448 g/mol. The summed E-state index contributed by atoms with van der Waals surface area (Å²) in [6, 6.07) is 7.94. The van der Waals surface area contributed by atoms with Gasteiger partial charge in [0.05, 0.1) is 16.5 Å². The monoisotopic (exact) mass is 463 g/mol. The fourth-order valence-corrected chi connectivity index (χ4v) is 3.48. The third-order valence-electron chi connectivity index (χ3n) is 4.58. The molecule has 3 aromatic rings. The van der Waals surface area contributed by atoms with E-state index in [4.69, 9.17) is 5.14 Å². The Kier molecular flexibility index (Phi) is 5.65.